The van der Waals surface area contributed by atoms with Crippen LogP contribution in [0.5, 0.6) is 0 Å². The summed E-state index contributed by atoms with van der Waals surface area (Å²) in [6, 6.07) is 14.2. The number of thioether (sulfide) groups is 1. The summed E-state index contributed by atoms with van der Waals surface area (Å²) in [4.78, 5) is 44.1. The molecule has 6 nitrogen and oxygen atoms in total. The van der Waals surface area contributed by atoms with Gasteiger partial charge in [0, 0.05) is 18.8 Å². The molecule has 3 aromatic rings. The lowest BCUT2D eigenvalue weighted by molar-refractivity contribution is 0.0664. The van der Waals surface area contributed by atoms with E-state index in [1.807, 2.05) is 18.2 Å². The number of benzene rings is 2. The van der Waals surface area contributed by atoms with Crippen molar-refractivity contribution in [2.75, 3.05) is 12.3 Å². The van der Waals surface area contributed by atoms with Gasteiger partial charge in [-0.05, 0) is 36.6 Å². The van der Waals surface area contributed by atoms with Crippen LogP contribution >= 0.6 is 11.8 Å². The first-order chi connectivity index (χ1) is 14.5. The van der Waals surface area contributed by atoms with Crippen molar-refractivity contribution >= 4 is 34.5 Å². The van der Waals surface area contributed by atoms with E-state index in [4.69, 9.17) is 4.98 Å². The lowest BCUT2D eigenvalue weighted by atomic mass is 10.1. The van der Waals surface area contributed by atoms with Gasteiger partial charge in [0.1, 0.15) is 0 Å². The molecule has 154 valence electrons. The summed E-state index contributed by atoms with van der Waals surface area (Å²) in [5.74, 6) is 0.400. The van der Waals surface area contributed by atoms with Crippen LogP contribution < -0.4 is 5.56 Å². The van der Waals surface area contributed by atoms with Crippen LogP contribution in [-0.4, -0.2) is 38.6 Å². The van der Waals surface area contributed by atoms with Crippen LogP contribution in [-0.2, 0) is 6.54 Å². The first-order valence-electron chi connectivity index (χ1n) is 10.0. The molecule has 0 spiro atoms. The monoisotopic (exact) mass is 421 g/mol. The van der Waals surface area contributed by atoms with E-state index in [1.54, 1.807) is 34.9 Å². The molecule has 0 radical (unpaired) electrons. The Hall–Kier alpha value is -2.93. The van der Waals surface area contributed by atoms with Gasteiger partial charge in [0.15, 0.2) is 5.16 Å². The number of rotatable bonds is 7. The highest BCUT2D eigenvalue weighted by molar-refractivity contribution is 7.99. The molecule has 1 aliphatic rings. The maximum absolute atomic E-state index is 13.0. The molecular weight excluding hydrogens is 398 g/mol. The summed E-state index contributed by atoms with van der Waals surface area (Å²) in [7, 11) is 0. The smallest absolute Gasteiger partial charge is 0.262 e. The van der Waals surface area contributed by atoms with E-state index >= 15 is 0 Å². The van der Waals surface area contributed by atoms with E-state index < -0.39 is 0 Å². The van der Waals surface area contributed by atoms with Crippen LogP contribution in [0.15, 0.2) is 58.5 Å². The fraction of sp³-hybridized carbons (Fsp3) is 0.304. The van der Waals surface area contributed by atoms with Crippen LogP contribution in [0.4, 0.5) is 0 Å². The predicted molar refractivity (Wildman–Crippen MR) is 118 cm³/mol. The number of para-hydroxylation sites is 1. The quantitative estimate of drug-likeness (QED) is 0.329. The van der Waals surface area contributed by atoms with Gasteiger partial charge >= 0.3 is 0 Å². The van der Waals surface area contributed by atoms with Gasteiger partial charge in [-0.15, -0.1) is 0 Å². The Morgan fingerprint density at radius 2 is 1.53 bits per heavy atom. The lowest BCUT2D eigenvalue weighted by Gasteiger charge is -2.16. The average molecular weight is 422 g/mol. The van der Waals surface area contributed by atoms with Crippen molar-refractivity contribution in [1.82, 2.24) is 14.5 Å². The Morgan fingerprint density at radius 3 is 2.20 bits per heavy atom. The number of carbonyl (C=O) groups excluding carboxylic acids is 2. The molecule has 2 heterocycles. The Bertz CT molecular complexity index is 1150. The Kier molecular flexibility index (Phi) is 5.72. The number of hydrogen-bond acceptors (Lipinski definition) is 5. The summed E-state index contributed by atoms with van der Waals surface area (Å²) in [5, 5.41) is 1.22. The molecule has 4 rings (SSSR count). The summed E-state index contributed by atoms with van der Waals surface area (Å²) >= 11 is 1.40. The molecule has 30 heavy (non-hydrogen) atoms. The van der Waals surface area contributed by atoms with Gasteiger partial charge in [0.2, 0.25) is 0 Å². The van der Waals surface area contributed by atoms with Gasteiger partial charge in [-0.1, -0.05) is 49.9 Å². The molecule has 0 fully saturated rings. The van der Waals surface area contributed by atoms with Crippen molar-refractivity contribution in [3.05, 3.63) is 70.0 Å². The summed E-state index contributed by atoms with van der Waals surface area (Å²) in [5.41, 5.74) is 1.51. The Balaban J connectivity index is 1.55. The van der Waals surface area contributed by atoms with Crippen molar-refractivity contribution in [2.45, 2.75) is 32.0 Å². The third-order valence-corrected chi connectivity index (χ3v) is 6.14. The van der Waals surface area contributed by atoms with Gasteiger partial charge in [-0.25, -0.2) is 4.98 Å². The molecule has 7 heteroatoms. The maximum atomic E-state index is 13.0. The molecule has 1 aliphatic heterocycles. The minimum Gasteiger partial charge on any atom is -0.287 e. The normalized spacial score (nSPS) is 13.5. The lowest BCUT2D eigenvalue weighted by Crippen LogP contribution is -2.32. The number of amides is 2. The van der Waals surface area contributed by atoms with Gasteiger partial charge in [-0.3, -0.25) is 23.9 Å². The van der Waals surface area contributed by atoms with E-state index in [2.05, 4.69) is 13.8 Å². The van der Waals surface area contributed by atoms with Crippen molar-refractivity contribution in [1.29, 1.82) is 0 Å². The van der Waals surface area contributed by atoms with Crippen LogP contribution in [0, 0.1) is 5.92 Å². The molecule has 0 bridgehead atoms. The van der Waals surface area contributed by atoms with Gasteiger partial charge in [0.05, 0.1) is 22.0 Å². The molecule has 0 aliphatic carbocycles. The fourth-order valence-electron chi connectivity index (χ4n) is 3.51. The zero-order valence-electron chi connectivity index (χ0n) is 17.0. The maximum Gasteiger partial charge on any atom is 0.262 e. The molecule has 1 aromatic heterocycles. The van der Waals surface area contributed by atoms with Crippen LogP contribution in [0.3, 0.4) is 0 Å². The van der Waals surface area contributed by atoms with Crippen LogP contribution in [0.1, 0.15) is 41.0 Å². The largest absolute Gasteiger partial charge is 0.287 e. The number of hydrogen-bond donors (Lipinski definition) is 0. The highest BCUT2D eigenvalue weighted by atomic mass is 32.2. The molecule has 0 saturated carbocycles. The van der Waals surface area contributed by atoms with Crippen LogP contribution in [0.25, 0.3) is 10.9 Å². The van der Waals surface area contributed by atoms with E-state index in [9.17, 15) is 14.4 Å². The average Bonchev–Trinajstić information content (AvgIpc) is 2.98. The molecule has 0 saturated heterocycles. The molecule has 2 aromatic carbocycles. The van der Waals surface area contributed by atoms with E-state index in [1.165, 1.54) is 16.7 Å². The first kappa shape index (κ1) is 20.3. The van der Waals surface area contributed by atoms with Gasteiger partial charge in [0.25, 0.3) is 17.4 Å². The van der Waals surface area contributed by atoms with E-state index in [-0.39, 0.29) is 23.9 Å². The van der Waals surface area contributed by atoms with Crippen molar-refractivity contribution in [3.8, 4) is 0 Å². The Morgan fingerprint density at radius 1 is 0.900 bits per heavy atom. The van der Waals surface area contributed by atoms with E-state index in [0.29, 0.717) is 45.4 Å². The molecule has 2 amide bonds. The summed E-state index contributed by atoms with van der Waals surface area (Å²) < 4.78 is 1.72. The summed E-state index contributed by atoms with van der Waals surface area (Å²) in [6.45, 7) is 5.09. The minimum atomic E-state index is -0.264. The number of nitrogens with zero attached hydrogens (tertiary/aromatic N) is 3. The zero-order chi connectivity index (χ0) is 21.3. The van der Waals surface area contributed by atoms with Crippen LogP contribution in [0.2, 0.25) is 0 Å². The fourth-order valence-corrected chi connectivity index (χ4v) is 4.46. The Labute approximate surface area is 178 Å². The molecule has 0 unspecified atom stereocenters. The second-order valence-corrected chi connectivity index (χ2v) is 8.77. The van der Waals surface area contributed by atoms with E-state index in [0.717, 1.165) is 6.42 Å². The predicted octanol–water partition coefficient (Wildman–Crippen LogP) is 3.83. The molecule has 0 N–H and O–H groups in total. The number of fused-ring (bicyclic) bond motifs is 2. The SMILES string of the molecule is CC(C)CCn1c(SCCN2C(=O)c3ccccc3C2=O)nc2ccccc2c1=O. The second-order valence-electron chi connectivity index (χ2n) is 7.71. The van der Waals surface area contributed by atoms with Crippen molar-refractivity contribution in [2.24, 2.45) is 5.92 Å². The third kappa shape index (κ3) is 3.77. The molecule has 0 atom stereocenters. The number of imide groups is 1. The van der Waals surface area contributed by atoms with Gasteiger partial charge < -0.3 is 0 Å². The standard InChI is InChI=1S/C23H23N3O3S/c1-15(2)11-12-26-22(29)18-9-5-6-10-19(18)24-23(26)30-14-13-25-20(27)16-7-3-4-8-17(16)21(25)28/h3-10,15H,11-14H2,1-2H3. The van der Waals surface area contributed by atoms with Gasteiger partial charge in [-0.2, -0.15) is 0 Å². The van der Waals surface area contributed by atoms with Crippen molar-refractivity contribution in [3.63, 3.8) is 0 Å². The second kappa shape index (κ2) is 8.44. The highest BCUT2D eigenvalue weighted by Gasteiger charge is 2.34. The summed E-state index contributed by atoms with van der Waals surface area (Å²) in [6.07, 6.45) is 0.867. The minimum absolute atomic E-state index is 0.0514. The third-order valence-electron chi connectivity index (χ3n) is 5.18. The first-order valence-corrected chi connectivity index (χ1v) is 11.0. The number of aromatic nitrogens is 2. The topological polar surface area (TPSA) is 72.3 Å². The van der Waals surface area contributed by atoms with Crippen molar-refractivity contribution < 1.29 is 9.59 Å². The molecular formula is C23H23N3O3S. The highest BCUT2D eigenvalue weighted by Crippen LogP contribution is 2.24. The zero-order valence-corrected chi connectivity index (χ0v) is 17.8. The number of carbonyl (C=O) groups is 2.